The molecule has 1 aliphatic carbocycles. The Morgan fingerprint density at radius 3 is 2.81 bits per heavy atom. The van der Waals surface area contributed by atoms with Crippen LogP contribution in [0.1, 0.15) is 51.8 Å². The second kappa shape index (κ2) is 9.00. The number of aromatic nitrogens is 2. The third kappa shape index (κ3) is 6.44. The van der Waals surface area contributed by atoms with E-state index in [0.717, 1.165) is 6.54 Å². The summed E-state index contributed by atoms with van der Waals surface area (Å²) in [6.45, 7) is 7.29. The van der Waals surface area contributed by atoms with Gasteiger partial charge in [-0.3, -0.25) is 0 Å². The highest BCUT2D eigenvalue weighted by atomic mass is 16.5. The quantitative estimate of drug-likeness (QED) is 0.682. The van der Waals surface area contributed by atoms with Crippen molar-refractivity contribution < 1.29 is 9.15 Å². The number of nitrogens with zero attached hydrogens (tertiary/aromatic N) is 2. The van der Waals surface area contributed by atoms with Crippen LogP contribution in [0.4, 0.5) is 6.01 Å². The van der Waals surface area contributed by atoms with E-state index in [9.17, 15) is 0 Å². The number of hydrogen-bond acceptors (Lipinski definition) is 6. The van der Waals surface area contributed by atoms with Crippen molar-refractivity contribution in [3.63, 3.8) is 0 Å². The Kier molecular flexibility index (Phi) is 6.95. The first kappa shape index (κ1) is 16.2. The molecule has 2 rings (SSSR count). The second-order valence-electron chi connectivity index (χ2n) is 6.08. The monoisotopic (exact) mass is 296 g/mol. The molecule has 1 heterocycles. The van der Waals surface area contributed by atoms with Crippen LogP contribution in [0.15, 0.2) is 4.42 Å². The number of rotatable bonds is 9. The summed E-state index contributed by atoms with van der Waals surface area (Å²) in [5, 5.41) is 14.4. The standard InChI is InChI=1S/C15H28N4O2/c1-12(2)10-16-11-14-18-19-15(21-14)17-8-9-20-13-6-4-3-5-7-13/h12-13,16H,3-11H2,1-2H3,(H,17,19). The molecule has 0 saturated heterocycles. The maximum atomic E-state index is 5.84. The van der Waals surface area contributed by atoms with E-state index in [-0.39, 0.29) is 0 Å². The zero-order valence-corrected chi connectivity index (χ0v) is 13.2. The first-order valence-corrected chi connectivity index (χ1v) is 8.12. The highest BCUT2D eigenvalue weighted by Gasteiger charge is 2.13. The first-order valence-electron chi connectivity index (χ1n) is 8.12. The van der Waals surface area contributed by atoms with Gasteiger partial charge in [-0.15, -0.1) is 5.10 Å². The van der Waals surface area contributed by atoms with Gasteiger partial charge in [-0.05, 0) is 25.3 Å². The minimum Gasteiger partial charge on any atom is -0.407 e. The van der Waals surface area contributed by atoms with Gasteiger partial charge in [0.2, 0.25) is 5.89 Å². The van der Waals surface area contributed by atoms with E-state index < -0.39 is 0 Å². The average Bonchev–Trinajstić information content (AvgIpc) is 2.92. The summed E-state index contributed by atoms with van der Waals surface area (Å²) in [5.74, 6) is 1.23. The van der Waals surface area contributed by atoms with E-state index in [4.69, 9.17) is 9.15 Å². The van der Waals surface area contributed by atoms with E-state index in [1.165, 1.54) is 32.1 Å². The lowest BCUT2D eigenvalue weighted by atomic mass is 9.98. The molecule has 1 saturated carbocycles. The third-order valence-corrected chi connectivity index (χ3v) is 3.58. The Morgan fingerprint density at radius 2 is 2.05 bits per heavy atom. The molecule has 6 nitrogen and oxygen atoms in total. The Hall–Kier alpha value is -1.14. The highest BCUT2D eigenvalue weighted by Crippen LogP contribution is 2.19. The summed E-state index contributed by atoms with van der Waals surface area (Å²) in [6.07, 6.45) is 6.80. The number of ether oxygens (including phenoxy) is 1. The second-order valence-corrected chi connectivity index (χ2v) is 6.08. The summed E-state index contributed by atoms with van der Waals surface area (Å²) in [6, 6.07) is 0.476. The van der Waals surface area contributed by atoms with Crippen molar-refractivity contribution >= 4 is 6.01 Å². The minimum absolute atomic E-state index is 0.444. The fourth-order valence-corrected chi connectivity index (χ4v) is 2.48. The third-order valence-electron chi connectivity index (χ3n) is 3.58. The minimum atomic E-state index is 0.444. The molecule has 0 unspecified atom stereocenters. The van der Waals surface area contributed by atoms with E-state index in [1.807, 2.05) is 0 Å². The highest BCUT2D eigenvalue weighted by molar-refractivity contribution is 5.16. The molecule has 0 bridgehead atoms. The van der Waals surface area contributed by atoms with Crippen molar-refractivity contribution in [2.24, 2.45) is 5.92 Å². The Morgan fingerprint density at radius 1 is 1.24 bits per heavy atom. The van der Waals surface area contributed by atoms with Crippen LogP contribution in [0.2, 0.25) is 0 Å². The van der Waals surface area contributed by atoms with Crippen LogP contribution in [0.5, 0.6) is 0 Å². The van der Waals surface area contributed by atoms with Gasteiger partial charge >= 0.3 is 6.01 Å². The molecular weight excluding hydrogens is 268 g/mol. The molecule has 2 N–H and O–H groups in total. The molecule has 0 amide bonds. The van der Waals surface area contributed by atoms with Crippen LogP contribution in [0, 0.1) is 5.92 Å². The van der Waals surface area contributed by atoms with Crippen LogP contribution >= 0.6 is 0 Å². The predicted molar refractivity (Wildman–Crippen MR) is 82.2 cm³/mol. The molecule has 1 aliphatic rings. The van der Waals surface area contributed by atoms with Crippen LogP contribution in [-0.2, 0) is 11.3 Å². The van der Waals surface area contributed by atoms with Gasteiger partial charge in [-0.1, -0.05) is 38.2 Å². The van der Waals surface area contributed by atoms with Crippen LogP contribution in [0.3, 0.4) is 0 Å². The van der Waals surface area contributed by atoms with Crippen LogP contribution in [0.25, 0.3) is 0 Å². The van der Waals surface area contributed by atoms with Crippen LogP contribution in [-0.4, -0.2) is 36.0 Å². The molecule has 6 heteroatoms. The number of anilines is 1. The number of nitrogens with one attached hydrogen (secondary N) is 2. The molecule has 120 valence electrons. The van der Waals surface area contributed by atoms with Gasteiger partial charge in [0.15, 0.2) is 0 Å². The lowest BCUT2D eigenvalue weighted by Gasteiger charge is -2.21. The fourth-order valence-electron chi connectivity index (χ4n) is 2.48. The van der Waals surface area contributed by atoms with Crippen molar-refractivity contribution in [1.82, 2.24) is 15.5 Å². The van der Waals surface area contributed by atoms with Gasteiger partial charge in [-0.25, -0.2) is 0 Å². The molecule has 21 heavy (non-hydrogen) atoms. The van der Waals surface area contributed by atoms with Gasteiger partial charge in [0, 0.05) is 6.54 Å². The average molecular weight is 296 g/mol. The van der Waals surface area contributed by atoms with Gasteiger partial charge in [-0.2, -0.15) is 0 Å². The molecule has 0 spiro atoms. The van der Waals surface area contributed by atoms with Gasteiger partial charge < -0.3 is 19.8 Å². The van der Waals surface area contributed by atoms with Crippen molar-refractivity contribution in [1.29, 1.82) is 0 Å². The van der Waals surface area contributed by atoms with Crippen LogP contribution < -0.4 is 10.6 Å². The molecule has 1 aromatic rings. The molecule has 0 aromatic carbocycles. The summed E-state index contributed by atoms with van der Waals surface area (Å²) in [7, 11) is 0. The zero-order valence-electron chi connectivity index (χ0n) is 13.2. The molecular formula is C15H28N4O2. The maximum Gasteiger partial charge on any atom is 0.315 e. The summed E-state index contributed by atoms with van der Waals surface area (Å²) in [5.41, 5.74) is 0. The summed E-state index contributed by atoms with van der Waals surface area (Å²) >= 11 is 0. The van der Waals surface area contributed by atoms with Crippen molar-refractivity contribution in [2.75, 3.05) is 25.0 Å². The lowest BCUT2D eigenvalue weighted by molar-refractivity contribution is 0.0346. The topological polar surface area (TPSA) is 72.2 Å². The van der Waals surface area contributed by atoms with Crippen molar-refractivity contribution in [3.05, 3.63) is 5.89 Å². The fraction of sp³-hybridized carbons (Fsp3) is 0.867. The Balaban J connectivity index is 1.57. The van der Waals surface area contributed by atoms with Gasteiger partial charge in [0.05, 0.1) is 19.3 Å². The van der Waals surface area contributed by atoms with E-state index in [0.29, 0.717) is 43.6 Å². The van der Waals surface area contributed by atoms with E-state index in [1.54, 1.807) is 0 Å². The zero-order chi connectivity index (χ0) is 14.9. The van der Waals surface area contributed by atoms with Crippen molar-refractivity contribution in [2.45, 2.75) is 58.6 Å². The van der Waals surface area contributed by atoms with Gasteiger partial charge in [0.1, 0.15) is 0 Å². The normalized spacial score (nSPS) is 16.5. The molecule has 0 aliphatic heterocycles. The van der Waals surface area contributed by atoms with E-state index >= 15 is 0 Å². The molecule has 0 atom stereocenters. The van der Waals surface area contributed by atoms with E-state index in [2.05, 4.69) is 34.7 Å². The lowest BCUT2D eigenvalue weighted by Crippen LogP contribution is -2.20. The number of hydrogen-bond donors (Lipinski definition) is 2. The first-order chi connectivity index (χ1) is 10.2. The SMILES string of the molecule is CC(C)CNCc1nnc(NCCOC2CCCCC2)o1. The summed E-state index contributed by atoms with van der Waals surface area (Å²) < 4.78 is 11.3. The summed E-state index contributed by atoms with van der Waals surface area (Å²) in [4.78, 5) is 0. The molecule has 0 radical (unpaired) electrons. The molecule has 1 fully saturated rings. The molecule has 1 aromatic heterocycles. The Labute approximate surface area is 127 Å². The smallest absolute Gasteiger partial charge is 0.315 e. The van der Waals surface area contributed by atoms with Gasteiger partial charge in [0.25, 0.3) is 0 Å². The Bertz CT molecular complexity index is 389. The predicted octanol–water partition coefficient (Wildman–Crippen LogP) is 2.58. The largest absolute Gasteiger partial charge is 0.407 e. The van der Waals surface area contributed by atoms with Crippen molar-refractivity contribution in [3.8, 4) is 0 Å². The maximum absolute atomic E-state index is 5.84.